The number of rotatable bonds is 4. The molecule has 0 radical (unpaired) electrons. The molecule has 1 aromatic rings. The molecular weight excluding hydrogens is 214 g/mol. The second-order valence-corrected chi connectivity index (χ2v) is 4.36. The van der Waals surface area contributed by atoms with Crippen molar-refractivity contribution in [1.29, 1.82) is 5.26 Å². The molecule has 17 heavy (non-hydrogen) atoms. The van der Waals surface area contributed by atoms with E-state index in [9.17, 15) is 4.79 Å². The summed E-state index contributed by atoms with van der Waals surface area (Å²) in [6, 6.07) is 8.05. The molecule has 4 nitrogen and oxygen atoms in total. The third-order valence-corrected chi connectivity index (χ3v) is 2.68. The molecule has 2 rings (SSSR count). The van der Waals surface area contributed by atoms with Gasteiger partial charge in [-0.05, 0) is 37.5 Å². The Labute approximate surface area is 101 Å². The second kappa shape index (κ2) is 4.88. The van der Waals surface area contributed by atoms with E-state index in [1.807, 2.05) is 19.1 Å². The summed E-state index contributed by atoms with van der Waals surface area (Å²) in [5.74, 6) is -0.0167. The molecule has 0 aliphatic heterocycles. The number of anilines is 1. The molecule has 1 aliphatic carbocycles. The topological polar surface area (TPSA) is 64.9 Å². The van der Waals surface area contributed by atoms with Gasteiger partial charge in [-0.3, -0.25) is 4.79 Å². The average molecular weight is 229 g/mol. The maximum absolute atomic E-state index is 11.5. The minimum absolute atomic E-state index is 0.0167. The summed E-state index contributed by atoms with van der Waals surface area (Å²) in [5, 5.41) is 14.9. The molecule has 1 saturated carbocycles. The predicted octanol–water partition coefficient (Wildman–Crippen LogP) is 1.56. The Balaban J connectivity index is 1.93. The van der Waals surface area contributed by atoms with Crippen molar-refractivity contribution in [3.63, 3.8) is 0 Å². The number of carbonyl (C=O) groups excluding carboxylic acids is 1. The van der Waals surface area contributed by atoms with E-state index in [1.54, 1.807) is 6.07 Å². The summed E-state index contributed by atoms with van der Waals surface area (Å²) in [7, 11) is 0. The Bertz CT molecular complexity index is 472. The van der Waals surface area contributed by atoms with Crippen LogP contribution in [0.15, 0.2) is 18.2 Å². The number of benzene rings is 1. The smallest absolute Gasteiger partial charge is 0.239 e. The van der Waals surface area contributed by atoms with Crippen molar-refractivity contribution in [1.82, 2.24) is 5.32 Å². The highest BCUT2D eigenvalue weighted by Crippen LogP contribution is 2.19. The fourth-order valence-electron chi connectivity index (χ4n) is 1.59. The third kappa shape index (κ3) is 3.22. The molecule has 0 aromatic heterocycles. The molecule has 0 spiro atoms. The van der Waals surface area contributed by atoms with Crippen LogP contribution in [-0.4, -0.2) is 18.5 Å². The predicted molar refractivity (Wildman–Crippen MR) is 65.5 cm³/mol. The molecule has 4 heteroatoms. The summed E-state index contributed by atoms with van der Waals surface area (Å²) in [5.41, 5.74) is 2.32. The molecule has 1 aliphatic rings. The van der Waals surface area contributed by atoms with Crippen LogP contribution < -0.4 is 10.6 Å². The molecule has 0 saturated heterocycles. The number of nitrogens with one attached hydrogen (secondary N) is 2. The Hall–Kier alpha value is -2.02. The van der Waals surface area contributed by atoms with Crippen LogP contribution in [0.5, 0.6) is 0 Å². The molecule has 0 unspecified atom stereocenters. The minimum atomic E-state index is -0.0167. The Morgan fingerprint density at radius 3 is 2.94 bits per heavy atom. The van der Waals surface area contributed by atoms with Gasteiger partial charge in [-0.15, -0.1) is 0 Å². The van der Waals surface area contributed by atoms with Crippen LogP contribution in [0.2, 0.25) is 0 Å². The molecule has 88 valence electrons. The zero-order valence-corrected chi connectivity index (χ0v) is 9.79. The average Bonchev–Trinajstić information content (AvgIpc) is 3.11. The minimum Gasteiger partial charge on any atom is -0.375 e. The van der Waals surface area contributed by atoms with Crippen LogP contribution in [0.25, 0.3) is 0 Å². The maximum Gasteiger partial charge on any atom is 0.239 e. The number of nitriles is 1. The van der Waals surface area contributed by atoms with Crippen LogP contribution in [-0.2, 0) is 4.79 Å². The first-order chi connectivity index (χ1) is 8.19. The van der Waals surface area contributed by atoms with Crippen LogP contribution in [0.4, 0.5) is 5.69 Å². The highest BCUT2D eigenvalue weighted by Gasteiger charge is 2.22. The van der Waals surface area contributed by atoms with Crippen molar-refractivity contribution >= 4 is 11.6 Å². The first-order valence-electron chi connectivity index (χ1n) is 5.73. The summed E-state index contributed by atoms with van der Waals surface area (Å²) in [6.07, 6.45) is 2.17. The molecular formula is C13H15N3O. The van der Waals surface area contributed by atoms with Gasteiger partial charge in [0, 0.05) is 6.04 Å². The number of aryl methyl sites for hydroxylation is 1. The first kappa shape index (κ1) is 11.5. The van der Waals surface area contributed by atoms with E-state index in [1.165, 1.54) is 0 Å². The summed E-state index contributed by atoms with van der Waals surface area (Å²) >= 11 is 0. The fourth-order valence-corrected chi connectivity index (χ4v) is 1.59. The summed E-state index contributed by atoms with van der Waals surface area (Å²) < 4.78 is 0. The molecule has 1 amide bonds. The molecule has 0 atom stereocenters. The Kier molecular flexibility index (Phi) is 3.29. The lowest BCUT2D eigenvalue weighted by molar-refractivity contribution is -0.119. The highest BCUT2D eigenvalue weighted by molar-refractivity contribution is 5.81. The summed E-state index contributed by atoms with van der Waals surface area (Å²) in [4.78, 5) is 11.5. The lowest BCUT2D eigenvalue weighted by Gasteiger charge is -2.08. The quantitative estimate of drug-likeness (QED) is 0.823. The van der Waals surface area contributed by atoms with Gasteiger partial charge in [0.1, 0.15) is 6.07 Å². The maximum atomic E-state index is 11.5. The van der Waals surface area contributed by atoms with E-state index < -0.39 is 0 Å². The van der Waals surface area contributed by atoms with Gasteiger partial charge in [0.25, 0.3) is 0 Å². The highest BCUT2D eigenvalue weighted by atomic mass is 16.2. The van der Waals surface area contributed by atoms with Gasteiger partial charge < -0.3 is 10.6 Å². The monoisotopic (exact) mass is 229 g/mol. The standard InChI is InChI=1S/C13H15N3O/c1-9-2-5-12(10(6-9)7-14)15-8-13(17)16-11-3-4-11/h2,5-6,11,15H,3-4,8H2,1H3,(H,16,17). The Morgan fingerprint density at radius 1 is 1.53 bits per heavy atom. The van der Waals surface area contributed by atoms with E-state index in [2.05, 4.69) is 16.7 Å². The van der Waals surface area contributed by atoms with Crippen LogP contribution in [0.1, 0.15) is 24.0 Å². The lowest BCUT2D eigenvalue weighted by Crippen LogP contribution is -2.31. The number of amides is 1. The fraction of sp³-hybridized carbons (Fsp3) is 0.385. The molecule has 0 heterocycles. The normalized spacial score (nSPS) is 13.9. The van der Waals surface area contributed by atoms with Gasteiger partial charge in [-0.2, -0.15) is 5.26 Å². The van der Waals surface area contributed by atoms with E-state index in [0.717, 1.165) is 18.4 Å². The van der Waals surface area contributed by atoms with Crippen molar-refractivity contribution in [2.24, 2.45) is 0 Å². The van der Waals surface area contributed by atoms with Gasteiger partial charge in [0.15, 0.2) is 0 Å². The van der Waals surface area contributed by atoms with E-state index in [4.69, 9.17) is 5.26 Å². The van der Waals surface area contributed by atoms with Crippen molar-refractivity contribution in [2.75, 3.05) is 11.9 Å². The van der Waals surface area contributed by atoms with Crippen molar-refractivity contribution in [3.05, 3.63) is 29.3 Å². The van der Waals surface area contributed by atoms with Crippen LogP contribution in [0, 0.1) is 18.3 Å². The number of carbonyl (C=O) groups is 1. The SMILES string of the molecule is Cc1ccc(NCC(=O)NC2CC2)c(C#N)c1. The van der Waals surface area contributed by atoms with Gasteiger partial charge in [0.2, 0.25) is 5.91 Å². The number of hydrogen-bond acceptors (Lipinski definition) is 3. The van der Waals surface area contributed by atoms with Gasteiger partial charge in [-0.25, -0.2) is 0 Å². The van der Waals surface area contributed by atoms with Gasteiger partial charge >= 0.3 is 0 Å². The number of nitrogens with zero attached hydrogens (tertiary/aromatic N) is 1. The largest absolute Gasteiger partial charge is 0.375 e. The van der Waals surface area contributed by atoms with Gasteiger partial charge in [0.05, 0.1) is 17.8 Å². The Morgan fingerprint density at radius 2 is 2.29 bits per heavy atom. The van der Waals surface area contributed by atoms with E-state index in [0.29, 0.717) is 17.3 Å². The molecule has 1 fully saturated rings. The van der Waals surface area contributed by atoms with Gasteiger partial charge in [-0.1, -0.05) is 6.07 Å². The zero-order valence-electron chi connectivity index (χ0n) is 9.79. The van der Waals surface area contributed by atoms with E-state index >= 15 is 0 Å². The lowest BCUT2D eigenvalue weighted by atomic mass is 10.1. The van der Waals surface area contributed by atoms with Crippen LogP contribution in [0.3, 0.4) is 0 Å². The van der Waals surface area contributed by atoms with Crippen molar-refractivity contribution in [3.8, 4) is 6.07 Å². The molecule has 1 aromatic carbocycles. The number of hydrogen-bond donors (Lipinski definition) is 2. The van der Waals surface area contributed by atoms with E-state index in [-0.39, 0.29) is 12.5 Å². The zero-order chi connectivity index (χ0) is 12.3. The van der Waals surface area contributed by atoms with Crippen LogP contribution >= 0.6 is 0 Å². The third-order valence-electron chi connectivity index (χ3n) is 2.68. The summed E-state index contributed by atoms with van der Waals surface area (Å²) in [6.45, 7) is 2.15. The molecule has 0 bridgehead atoms. The van der Waals surface area contributed by atoms with Crippen molar-refractivity contribution < 1.29 is 4.79 Å². The second-order valence-electron chi connectivity index (χ2n) is 4.36. The molecule has 2 N–H and O–H groups in total. The first-order valence-corrected chi connectivity index (χ1v) is 5.73. The van der Waals surface area contributed by atoms with Crippen molar-refractivity contribution in [2.45, 2.75) is 25.8 Å².